The molecule has 4 unspecified atom stereocenters. The van der Waals surface area contributed by atoms with Gasteiger partial charge in [0.25, 0.3) is 0 Å². The Labute approximate surface area is 107 Å². The zero-order chi connectivity index (χ0) is 13.7. The smallest absolute Gasteiger partial charge is 0.307 e. The van der Waals surface area contributed by atoms with Gasteiger partial charge in [-0.2, -0.15) is 5.26 Å². The number of carbonyl (C=O) groups excluding carboxylic acids is 1. The van der Waals surface area contributed by atoms with Gasteiger partial charge in [-0.15, -0.1) is 0 Å². The third-order valence-corrected chi connectivity index (χ3v) is 3.68. The van der Waals surface area contributed by atoms with Gasteiger partial charge in [-0.1, -0.05) is 13.3 Å². The maximum Gasteiger partial charge on any atom is 0.307 e. The van der Waals surface area contributed by atoms with Crippen LogP contribution in [0.3, 0.4) is 0 Å². The molecule has 1 rings (SSSR count). The monoisotopic (exact) mass is 252 g/mol. The van der Waals surface area contributed by atoms with E-state index >= 15 is 0 Å². The highest BCUT2D eigenvalue weighted by Gasteiger charge is 2.42. The summed E-state index contributed by atoms with van der Waals surface area (Å²) in [5.74, 6) is -1.83. The Morgan fingerprint density at radius 1 is 1.44 bits per heavy atom. The van der Waals surface area contributed by atoms with Gasteiger partial charge in [0.1, 0.15) is 0 Å². The first kappa shape index (κ1) is 14.5. The quantitative estimate of drug-likeness (QED) is 0.776. The topological polar surface area (TPSA) is 90.2 Å². The number of carboxylic acid groups (broad SMARTS) is 1. The van der Waals surface area contributed by atoms with Crippen molar-refractivity contribution in [3.8, 4) is 6.07 Å². The van der Waals surface area contributed by atoms with E-state index in [1.54, 1.807) is 6.92 Å². The van der Waals surface area contributed by atoms with E-state index in [9.17, 15) is 9.59 Å². The number of nitriles is 1. The highest BCUT2D eigenvalue weighted by atomic mass is 16.4. The summed E-state index contributed by atoms with van der Waals surface area (Å²) in [5, 5.41) is 20.4. The highest BCUT2D eigenvalue weighted by molar-refractivity contribution is 5.85. The van der Waals surface area contributed by atoms with Gasteiger partial charge in [-0.05, 0) is 25.7 Å². The van der Waals surface area contributed by atoms with Crippen LogP contribution < -0.4 is 5.32 Å². The van der Waals surface area contributed by atoms with Crippen LogP contribution in [0.4, 0.5) is 0 Å². The van der Waals surface area contributed by atoms with Gasteiger partial charge >= 0.3 is 5.97 Å². The van der Waals surface area contributed by atoms with E-state index in [4.69, 9.17) is 10.4 Å². The molecule has 0 aromatic heterocycles. The lowest BCUT2D eigenvalue weighted by Gasteiger charge is -2.18. The molecule has 0 spiro atoms. The molecule has 1 aliphatic rings. The summed E-state index contributed by atoms with van der Waals surface area (Å²) in [6.07, 6.45) is 2.36. The molecule has 1 aliphatic carbocycles. The number of nitrogens with zero attached hydrogens (tertiary/aromatic N) is 1. The van der Waals surface area contributed by atoms with Crippen molar-refractivity contribution >= 4 is 11.9 Å². The first-order valence-electron chi connectivity index (χ1n) is 6.39. The molecule has 0 radical (unpaired) electrons. The normalized spacial score (nSPS) is 28.4. The molecular formula is C13H20N2O3. The van der Waals surface area contributed by atoms with Crippen molar-refractivity contribution in [2.75, 3.05) is 0 Å². The predicted molar refractivity (Wildman–Crippen MR) is 65.5 cm³/mol. The summed E-state index contributed by atoms with van der Waals surface area (Å²) in [4.78, 5) is 23.2. The van der Waals surface area contributed by atoms with Crippen molar-refractivity contribution in [2.24, 2.45) is 17.8 Å². The average molecular weight is 252 g/mol. The molecule has 1 amide bonds. The summed E-state index contributed by atoms with van der Waals surface area (Å²) in [6, 6.07) is 1.76. The maximum atomic E-state index is 12.0. The molecule has 2 N–H and O–H groups in total. The van der Waals surface area contributed by atoms with Gasteiger partial charge in [0.2, 0.25) is 5.91 Å². The van der Waals surface area contributed by atoms with Gasteiger partial charge < -0.3 is 10.4 Å². The molecule has 0 aromatic rings. The van der Waals surface area contributed by atoms with Crippen molar-refractivity contribution in [3.05, 3.63) is 0 Å². The third kappa shape index (κ3) is 3.46. The molecular weight excluding hydrogens is 232 g/mol. The average Bonchev–Trinajstić information content (AvgIpc) is 2.73. The van der Waals surface area contributed by atoms with Gasteiger partial charge in [0.05, 0.1) is 24.3 Å². The van der Waals surface area contributed by atoms with Gasteiger partial charge in [-0.25, -0.2) is 0 Å². The number of carboxylic acids is 1. The second-order valence-electron chi connectivity index (χ2n) is 5.07. The van der Waals surface area contributed by atoms with Crippen molar-refractivity contribution in [3.63, 3.8) is 0 Å². The molecule has 0 bridgehead atoms. The molecule has 0 heterocycles. The van der Waals surface area contributed by atoms with Crippen LogP contribution in [0.1, 0.15) is 39.5 Å². The summed E-state index contributed by atoms with van der Waals surface area (Å²) >= 11 is 0. The number of hydrogen-bond donors (Lipinski definition) is 2. The first-order valence-corrected chi connectivity index (χ1v) is 6.39. The number of nitrogens with one attached hydrogen (secondary N) is 1. The van der Waals surface area contributed by atoms with Crippen LogP contribution in [0.15, 0.2) is 0 Å². The van der Waals surface area contributed by atoms with Gasteiger partial charge in [0, 0.05) is 6.04 Å². The molecule has 5 heteroatoms. The Hall–Kier alpha value is -1.57. The zero-order valence-corrected chi connectivity index (χ0v) is 10.8. The van der Waals surface area contributed by atoms with Crippen LogP contribution in [0.25, 0.3) is 0 Å². The first-order chi connectivity index (χ1) is 8.49. The third-order valence-electron chi connectivity index (χ3n) is 3.68. The Balaban J connectivity index is 2.65. The Morgan fingerprint density at radius 2 is 2.06 bits per heavy atom. The number of hydrogen-bond acceptors (Lipinski definition) is 3. The Bertz CT molecular complexity index is 362. The fraction of sp³-hybridized carbons (Fsp3) is 0.769. The highest BCUT2D eigenvalue weighted by Crippen LogP contribution is 2.38. The Kier molecular flexibility index (Phi) is 5.14. The number of aliphatic carboxylic acids is 1. The van der Waals surface area contributed by atoms with Crippen LogP contribution in [-0.2, 0) is 9.59 Å². The number of amides is 1. The minimum absolute atomic E-state index is 0.221. The molecule has 5 nitrogen and oxygen atoms in total. The largest absolute Gasteiger partial charge is 0.481 e. The van der Waals surface area contributed by atoms with Crippen molar-refractivity contribution < 1.29 is 14.7 Å². The van der Waals surface area contributed by atoms with Crippen LogP contribution >= 0.6 is 0 Å². The molecule has 0 aliphatic heterocycles. The fourth-order valence-corrected chi connectivity index (χ4v) is 2.58. The Morgan fingerprint density at radius 3 is 2.56 bits per heavy atom. The molecule has 4 atom stereocenters. The lowest BCUT2D eigenvalue weighted by Crippen LogP contribution is -2.39. The summed E-state index contributed by atoms with van der Waals surface area (Å²) < 4.78 is 0. The zero-order valence-electron chi connectivity index (χ0n) is 10.8. The summed E-state index contributed by atoms with van der Waals surface area (Å²) in [6.45, 7) is 3.77. The van der Waals surface area contributed by atoms with E-state index in [-0.39, 0.29) is 18.4 Å². The van der Waals surface area contributed by atoms with Crippen LogP contribution in [0, 0.1) is 29.1 Å². The van der Waals surface area contributed by atoms with Gasteiger partial charge in [0.15, 0.2) is 0 Å². The lowest BCUT2D eigenvalue weighted by atomic mass is 9.95. The van der Waals surface area contributed by atoms with E-state index in [1.807, 2.05) is 13.0 Å². The van der Waals surface area contributed by atoms with E-state index in [2.05, 4.69) is 5.32 Å². The van der Waals surface area contributed by atoms with Gasteiger partial charge in [-0.3, -0.25) is 9.59 Å². The number of carbonyl (C=O) groups is 2. The maximum absolute atomic E-state index is 12.0. The van der Waals surface area contributed by atoms with E-state index < -0.39 is 17.8 Å². The van der Waals surface area contributed by atoms with Crippen molar-refractivity contribution in [1.29, 1.82) is 5.26 Å². The van der Waals surface area contributed by atoms with Crippen LogP contribution in [0.2, 0.25) is 0 Å². The molecule has 0 saturated heterocycles. The molecule has 1 saturated carbocycles. The van der Waals surface area contributed by atoms with Crippen LogP contribution in [-0.4, -0.2) is 23.0 Å². The predicted octanol–water partition coefficient (Wildman–Crippen LogP) is 1.54. The van der Waals surface area contributed by atoms with Crippen molar-refractivity contribution in [1.82, 2.24) is 5.32 Å². The minimum atomic E-state index is -0.890. The van der Waals surface area contributed by atoms with E-state index in [1.165, 1.54) is 0 Å². The summed E-state index contributed by atoms with van der Waals surface area (Å²) in [7, 11) is 0. The second-order valence-corrected chi connectivity index (χ2v) is 5.07. The second kappa shape index (κ2) is 6.39. The van der Waals surface area contributed by atoms with E-state index in [0.717, 1.165) is 6.42 Å². The van der Waals surface area contributed by atoms with Crippen molar-refractivity contribution in [2.45, 2.75) is 45.6 Å². The standard InChI is InChI=1S/C13H20N2O3/c1-3-9-6-10(11(7-9)13(17)18)12(16)15-8(2)4-5-14/h8-11H,3-4,6-7H2,1-2H3,(H,15,16)(H,17,18). The lowest BCUT2D eigenvalue weighted by molar-refractivity contribution is -0.146. The minimum Gasteiger partial charge on any atom is -0.481 e. The molecule has 1 fully saturated rings. The van der Waals surface area contributed by atoms with E-state index in [0.29, 0.717) is 18.8 Å². The summed E-state index contributed by atoms with van der Waals surface area (Å²) in [5.41, 5.74) is 0. The molecule has 100 valence electrons. The van der Waals surface area contributed by atoms with Crippen LogP contribution in [0.5, 0.6) is 0 Å². The molecule has 0 aromatic carbocycles. The SMILES string of the molecule is CCC1CC(C(=O)O)C(C(=O)NC(C)CC#N)C1. The fourth-order valence-electron chi connectivity index (χ4n) is 2.58. The molecule has 18 heavy (non-hydrogen) atoms. The number of rotatable bonds is 5.